The van der Waals surface area contributed by atoms with Crippen LogP contribution in [0.25, 0.3) is 0 Å². The van der Waals surface area contributed by atoms with Gasteiger partial charge in [-0.2, -0.15) is 0 Å². The minimum atomic E-state index is -0.790. The first-order chi connectivity index (χ1) is 10.3. The van der Waals surface area contributed by atoms with Crippen molar-refractivity contribution in [2.45, 2.75) is 19.1 Å². The zero-order valence-electron chi connectivity index (χ0n) is 12.1. The maximum atomic E-state index is 10.2. The molecule has 112 valence electrons. The Morgan fingerprint density at radius 2 is 1.62 bits per heavy atom. The Labute approximate surface area is 125 Å². The lowest BCUT2D eigenvalue weighted by Gasteiger charge is -2.24. The highest BCUT2D eigenvalue weighted by Gasteiger charge is 2.23. The molecule has 0 aliphatic heterocycles. The molecule has 21 heavy (non-hydrogen) atoms. The van der Waals surface area contributed by atoms with Gasteiger partial charge in [0.25, 0.3) is 0 Å². The first-order valence-electron chi connectivity index (χ1n) is 7.07. The molecular weight excluding hydrogens is 266 g/mol. The maximum absolute atomic E-state index is 10.2. The standard InChI is InChI=1S/C17H21NO3/c1-2-20-15-10-6-7-11-16(15)21-17(14(19)12-18)13-8-4-3-5-9-13/h3-11,14,17,19H,2,12,18H2,1H3/t14?,17-/m0/s1. The minimum Gasteiger partial charge on any atom is -0.490 e. The maximum Gasteiger partial charge on any atom is 0.162 e. The molecule has 0 fully saturated rings. The van der Waals surface area contributed by atoms with Gasteiger partial charge in [-0.05, 0) is 24.6 Å². The Balaban J connectivity index is 2.27. The minimum absolute atomic E-state index is 0.121. The molecule has 0 spiro atoms. The fraction of sp³-hybridized carbons (Fsp3) is 0.294. The number of aliphatic hydroxyl groups excluding tert-OH is 1. The molecule has 2 aromatic rings. The van der Waals surface area contributed by atoms with Crippen molar-refractivity contribution in [3.8, 4) is 11.5 Å². The molecule has 0 aliphatic rings. The third kappa shape index (κ3) is 3.97. The first kappa shape index (κ1) is 15.4. The summed E-state index contributed by atoms with van der Waals surface area (Å²) in [4.78, 5) is 0. The molecule has 2 aromatic carbocycles. The molecule has 0 aliphatic carbocycles. The van der Waals surface area contributed by atoms with Gasteiger partial charge in [0.15, 0.2) is 17.6 Å². The fourth-order valence-corrected chi connectivity index (χ4v) is 2.09. The van der Waals surface area contributed by atoms with E-state index in [1.165, 1.54) is 0 Å². The Bertz CT molecular complexity index is 545. The van der Waals surface area contributed by atoms with Crippen molar-refractivity contribution < 1.29 is 14.6 Å². The average Bonchev–Trinajstić information content (AvgIpc) is 2.54. The SMILES string of the molecule is CCOc1ccccc1O[C@@H](c1ccccc1)C(O)CN. The van der Waals surface area contributed by atoms with E-state index in [0.29, 0.717) is 18.1 Å². The second kappa shape index (κ2) is 7.67. The van der Waals surface area contributed by atoms with E-state index in [2.05, 4.69) is 0 Å². The predicted molar refractivity (Wildman–Crippen MR) is 82.5 cm³/mol. The van der Waals surface area contributed by atoms with E-state index in [1.807, 2.05) is 61.5 Å². The number of aliphatic hydroxyl groups is 1. The van der Waals surface area contributed by atoms with Crippen molar-refractivity contribution in [3.63, 3.8) is 0 Å². The quantitative estimate of drug-likeness (QED) is 0.821. The highest BCUT2D eigenvalue weighted by atomic mass is 16.5. The van der Waals surface area contributed by atoms with Crippen LogP contribution in [0.5, 0.6) is 11.5 Å². The van der Waals surface area contributed by atoms with Gasteiger partial charge < -0.3 is 20.3 Å². The molecule has 1 unspecified atom stereocenters. The summed E-state index contributed by atoms with van der Waals surface area (Å²) in [5.74, 6) is 1.26. The molecule has 0 saturated heterocycles. The van der Waals surface area contributed by atoms with Gasteiger partial charge in [0, 0.05) is 6.54 Å². The van der Waals surface area contributed by atoms with Crippen LogP contribution in [-0.2, 0) is 0 Å². The van der Waals surface area contributed by atoms with Crippen molar-refractivity contribution in [1.82, 2.24) is 0 Å². The van der Waals surface area contributed by atoms with E-state index >= 15 is 0 Å². The number of rotatable bonds is 7. The molecule has 0 aromatic heterocycles. The van der Waals surface area contributed by atoms with Crippen LogP contribution in [0.1, 0.15) is 18.6 Å². The zero-order chi connectivity index (χ0) is 15.1. The number of benzene rings is 2. The number of para-hydroxylation sites is 2. The van der Waals surface area contributed by atoms with Crippen LogP contribution in [0, 0.1) is 0 Å². The number of hydrogen-bond acceptors (Lipinski definition) is 4. The van der Waals surface area contributed by atoms with Gasteiger partial charge in [-0.1, -0.05) is 42.5 Å². The second-order valence-electron chi connectivity index (χ2n) is 4.63. The average molecular weight is 287 g/mol. The van der Waals surface area contributed by atoms with Crippen molar-refractivity contribution in [1.29, 1.82) is 0 Å². The van der Waals surface area contributed by atoms with Crippen LogP contribution >= 0.6 is 0 Å². The lowest BCUT2D eigenvalue weighted by Crippen LogP contribution is -2.31. The first-order valence-corrected chi connectivity index (χ1v) is 7.07. The van der Waals surface area contributed by atoms with Gasteiger partial charge in [0.2, 0.25) is 0 Å². The third-order valence-corrected chi connectivity index (χ3v) is 3.12. The molecular formula is C17H21NO3. The van der Waals surface area contributed by atoms with Crippen LogP contribution in [0.3, 0.4) is 0 Å². The highest BCUT2D eigenvalue weighted by molar-refractivity contribution is 5.40. The van der Waals surface area contributed by atoms with E-state index < -0.39 is 12.2 Å². The molecule has 2 rings (SSSR count). The third-order valence-electron chi connectivity index (χ3n) is 3.12. The van der Waals surface area contributed by atoms with Crippen LogP contribution in [0.2, 0.25) is 0 Å². The topological polar surface area (TPSA) is 64.7 Å². The Morgan fingerprint density at radius 1 is 1.00 bits per heavy atom. The number of ether oxygens (including phenoxy) is 2. The summed E-state index contributed by atoms with van der Waals surface area (Å²) in [7, 11) is 0. The van der Waals surface area contributed by atoms with E-state index in [1.54, 1.807) is 0 Å². The van der Waals surface area contributed by atoms with Crippen LogP contribution in [0.15, 0.2) is 54.6 Å². The summed E-state index contributed by atoms with van der Waals surface area (Å²) >= 11 is 0. The smallest absolute Gasteiger partial charge is 0.162 e. The van der Waals surface area contributed by atoms with Gasteiger partial charge in [0.05, 0.1) is 6.61 Å². The van der Waals surface area contributed by atoms with E-state index in [9.17, 15) is 5.11 Å². The van der Waals surface area contributed by atoms with Gasteiger partial charge >= 0.3 is 0 Å². The summed E-state index contributed by atoms with van der Waals surface area (Å²) < 4.78 is 11.5. The predicted octanol–water partition coefficient (Wildman–Crippen LogP) is 2.52. The summed E-state index contributed by atoms with van der Waals surface area (Å²) in [6.45, 7) is 2.59. The highest BCUT2D eigenvalue weighted by Crippen LogP contribution is 2.32. The second-order valence-corrected chi connectivity index (χ2v) is 4.63. The van der Waals surface area contributed by atoms with E-state index in [0.717, 1.165) is 5.56 Å². The molecule has 0 amide bonds. The summed E-state index contributed by atoms with van der Waals surface area (Å²) in [5, 5.41) is 10.2. The van der Waals surface area contributed by atoms with E-state index in [-0.39, 0.29) is 6.54 Å². The number of hydrogen-bond donors (Lipinski definition) is 2. The molecule has 0 heterocycles. The van der Waals surface area contributed by atoms with Crippen molar-refractivity contribution in [2.75, 3.05) is 13.2 Å². The van der Waals surface area contributed by atoms with E-state index in [4.69, 9.17) is 15.2 Å². The fourth-order valence-electron chi connectivity index (χ4n) is 2.09. The Morgan fingerprint density at radius 3 is 2.24 bits per heavy atom. The van der Waals surface area contributed by atoms with Gasteiger partial charge in [0.1, 0.15) is 6.10 Å². The van der Waals surface area contributed by atoms with Crippen LogP contribution in [-0.4, -0.2) is 24.4 Å². The van der Waals surface area contributed by atoms with Gasteiger partial charge in [-0.25, -0.2) is 0 Å². The molecule has 0 saturated carbocycles. The normalized spacial score (nSPS) is 13.5. The van der Waals surface area contributed by atoms with Gasteiger partial charge in [-0.3, -0.25) is 0 Å². The molecule has 4 nitrogen and oxygen atoms in total. The molecule has 0 bridgehead atoms. The number of nitrogens with two attached hydrogens (primary N) is 1. The monoisotopic (exact) mass is 287 g/mol. The van der Waals surface area contributed by atoms with Crippen molar-refractivity contribution >= 4 is 0 Å². The molecule has 4 heteroatoms. The molecule has 0 radical (unpaired) electrons. The Hall–Kier alpha value is -2.04. The largest absolute Gasteiger partial charge is 0.490 e. The zero-order valence-corrected chi connectivity index (χ0v) is 12.1. The van der Waals surface area contributed by atoms with Crippen LogP contribution < -0.4 is 15.2 Å². The lowest BCUT2D eigenvalue weighted by atomic mass is 10.0. The summed E-state index contributed by atoms with van der Waals surface area (Å²) in [5.41, 5.74) is 6.48. The van der Waals surface area contributed by atoms with Crippen LogP contribution in [0.4, 0.5) is 0 Å². The van der Waals surface area contributed by atoms with Gasteiger partial charge in [-0.15, -0.1) is 0 Å². The Kier molecular flexibility index (Phi) is 5.60. The summed E-state index contributed by atoms with van der Waals surface area (Å²) in [6, 6.07) is 17.0. The molecule has 2 atom stereocenters. The van der Waals surface area contributed by atoms with Crippen molar-refractivity contribution in [2.24, 2.45) is 5.73 Å². The molecule has 3 N–H and O–H groups in total. The van der Waals surface area contributed by atoms with Crippen molar-refractivity contribution in [3.05, 3.63) is 60.2 Å². The summed E-state index contributed by atoms with van der Waals surface area (Å²) in [6.07, 6.45) is -1.32. The lowest BCUT2D eigenvalue weighted by molar-refractivity contribution is 0.0394.